The Morgan fingerprint density at radius 2 is 1.96 bits per heavy atom. The number of fused-ring (bicyclic) bond motifs is 1. The van der Waals surface area contributed by atoms with Gasteiger partial charge in [0.2, 0.25) is 0 Å². The number of carbonyl (C=O) groups is 1. The van der Waals surface area contributed by atoms with E-state index in [1.54, 1.807) is 24.3 Å². The van der Waals surface area contributed by atoms with Crippen LogP contribution in [0.2, 0.25) is 0 Å². The Hall–Kier alpha value is -2.12. The summed E-state index contributed by atoms with van der Waals surface area (Å²) in [5.74, 6) is -0.157. The van der Waals surface area contributed by atoms with Crippen LogP contribution in [0.15, 0.2) is 58.8 Å². The first-order chi connectivity index (χ1) is 12.5. The number of rotatable bonds is 4. The highest BCUT2D eigenvalue weighted by Gasteiger charge is 2.28. The standard InChI is InChI=1S/C20H22N2O3S/c23-20(18-7-4-8-19-17(18)10-12-26(19,24)25)21-16-9-11-22(14-16)13-15-5-2-1-3-6-15/h1-8,10,12,16,24-25H,9,11,13-14H2,(H,21,23). The van der Waals surface area contributed by atoms with Crippen molar-refractivity contribution in [1.82, 2.24) is 10.2 Å². The van der Waals surface area contributed by atoms with Gasteiger partial charge in [0.25, 0.3) is 5.91 Å². The Balaban J connectivity index is 1.41. The highest BCUT2D eigenvalue weighted by atomic mass is 32.3. The molecular weight excluding hydrogens is 348 g/mol. The Morgan fingerprint density at radius 3 is 2.77 bits per heavy atom. The number of carbonyl (C=O) groups excluding carboxylic acids is 1. The zero-order valence-corrected chi connectivity index (χ0v) is 15.2. The fraction of sp³-hybridized carbons (Fsp3) is 0.250. The fourth-order valence-electron chi connectivity index (χ4n) is 3.61. The molecule has 2 aromatic carbocycles. The monoisotopic (exact) mass is 370 g/mol. The molecule has 136 valence electrons. The molecule has 2 aromatic rings. The number of nitrogens with zero attached hydrogens (tertiary/aromatic N) is 1. The van der Waals surface area contributed by atoms with Gasteiger partial charge in [-0.05, 0) is 30.2 Å². The number of amides is 1. The third-order valence-corrected chi connectivity index (χ3v) is 6.43. The Morgan fingerprint density at radius 1 is 1.15 bits per heavy atom. The molecule has 1 atom stereocenters. The summed E-state index contributed by atoms with van der Waals surface area (Å²) in [6.07, 6.45) is 2.55. The van der Waals surface area contributed by atoms with Crippen molar-refractivity contribution in [3.8, 4) is 0 Å². The van der Waals surface area contributed by atoms with Crippen molar-refractivity contribution in [2.75, 3.05) is 13.1 Å². The molecule has 0 aliphatic carbocycles. The molecule has 3 N–H and O–H groups in total. The van der Waals surface area contributed by atoms with Crippen LogP contribution in [0, 0.1) is 0 Å². The van der Waals surface area contributed by atoms with Crippen molar-refractivity contribution in [3.05, 3.63) is 70.6 Å². The van der Waals surface area contributed by atoms with Crippen molar-refractivity contribution in [2.45, 2.75) is 23.9 Å². The van der Waals surface area contributed by atoms with Crippen LogP contribution in [0.25, 0.3) is 6.08 Å². The van der Waals surface area contributed by atoms with Gasteiger partial charge in [-0.15, -0.1) is 10.6 Å². The molecule has 1 amide bonds. The summed E-state index contributed by atoms with van der Waals surface area (Å²) >= 11 is 0. The first kappa shape index (κ1) is 17.3. The summed E-state index contributed by atoms with van der Waals surface area (Å²) in [6.45, 7) is 2.66. The van der Waals surface area contributed by atoms with Crippen LogP contribution in [-0.2, 0) is 6.54 Å². The first-order valence-corrected chi connectivity index (χ1v) is 10.3. The second-order valence-corrected chi connectivity index (χ2v) is 8.69. The van der Waals surface area contributed by atoms with E-state index in [-0.39, 0.29) is 11.9 Å². The molecule has 2 aliphatic heterocycles. The third kappa shape index (κ3) is 3.41. The second-order valence-electron chi connectivity index (χ2n) is 6.79. The van der Waals surface area contributed by atoms with Crippen molar-refractivity contribution in [2.24, 2.45) is 0 Å². The maximum Gasteiger partial charge on any atom is 0.252 e. The molecule has 2 aliphatic rings. The van der Waals surface area contributed by atoms with Gasteiger partial charge in [0.05, 0.1) is 4.90 Å². The molecule has 2 heterocycles. The lowest BCUT2D eigenvalue weighted by atomic mass is 10.1. The number of likely N-dealkylation sites (tertiary alicyclic amines) is 1. The number of benzene rings is 2. The van der Waals surface area contributed by atoms with Gasteiger partial charge < -0.3 is 5.32 Å². The van der Waals surface area contributed by atoms with Gasteiger partial charge in [-0.2, -0.15) is 0 Å². The molecule has 0 saturated carbocycles. The SMILES string of the molecule is O=C(NC1CCN(Cc2ccccc2)C1)c1cccc2c1C=CS2(O)O. The van der Waals surface area contributed by atoms with Gasteiger partial charge in [-0.3, -0.25) is 18.8 Å². The summed E-state index contributed by atoms with van der Waals surface area (Å²) < 4.78 is 20.1. The van der Waals surface area contributed by atoms with Crippen LogP contribution >= 0.6 is 10.6 Å². The van der Waals surface area contributed by atoms with Gasteiger partial charge in [0.15, 0.2) is 0 Å². The number of hydrogen-bond acceptors (Lipinski definition) is 4. The molecule has 0 aromatic heterocycles. The van der Waals surface area contributed by atoms with Gasteiger partial charge >= 0.3 is 0 Å². The molecule has 1 unspecified atom stereocenters. The topological polar surface area (TPSA) is 72.8 Å². The lowest BCUT2D eigenvalue weighted by Gasteiger charge is -2.25. The smallest absolute Gasteiger partial charge is 0.252 e. The molecular formula is C20H22N2O3S. The molecule has 0 bridgehead atoms. The minimum atomic E-state index is -2.90. The Bertz CT molecular complexity index is 851. The molecule has 1 fully saturated rings. The molecule has 0 spiro atoms. The largest absolute Gasteiger partial charge is 0.348 e. The zero-order valence-electron chi connectivity index (χ0n) is 14.3. The van der Waals surface area contributed by atoms with E-state index in [9.17, 15) is 13.9 Å². The van der Waals surface area contributed by atoms with Crippen molar-refractivity contribution < 1.29 is 13.9 Å². The van der Waals surface area contributed by atoms with Crippen molar-refractivity contribution in [3.63, 3.8) is 0 Å². The van der Waals surface area contributed by atoms with Crippen LogP contribution in [0.3, 0.4) is 0 Å². The lowest BCUT2D eigenvalue weighted by molar-refractivity contribution is 0.0937. The van der Waals surface area contributed by atoms with E-state index < -0.39 is 10.6 Å². The predicted octanol–water partition coefficient (Wildman–Crippen LogP) is 3.78. The van der Waals surface area contributed by atoms with Crippen LogP contribution in [-0.4, -0.2) is 39.0 Å². The summed E-state index contributed by atoms with van der Waals surface area (Å²) in [4.78, 5) is 15.5. The number of hydrogen-bond donors (Lipinski definition) is 3. The lowest BCUT2D eigenvalue weighted by Crippen LogP contribution is -2.37. The summed E-state index contributed by atoms with van der Waals surface area (Å²) in [6, 6.07) is 15.5. The van der Waals surface area contributed by atoms with Crippen molar-refractivity contribution in [1.29, 1.82) is 0 Å². The van der Waals surface area contributed by atoms with E-state index >= 15 is 0 Å². The quantitative estimate of drug-likeness (QED) is 0.766. The van der Waals surface area contributed by atoms with Crippen LogP contribution in [0.4, 0.5) is 0 Å². The first-order valence-electron chi connectivity index (χ1n) is 8.69. The molecule has 1 saturated heterocycles. The average molecular weight is 370 g/mol. The van der Waals surface area contributed by atoms with Gasteiger partial charge in [-0.25, -0.2) is 0 Å². The Labute approximate surface area is 154 Å². The average Bonchev–Trinajstić information content (AvgIpc) is 3.20. The molecule has 6 heteroatoms. The summed E-state index contributed by atoms with van der Waals surface area (Å²) in [7, 11) is -2.90. The van der Waals surface area contributed by atoms with Crippen molar-refractivity contribution >= 4 is 22.6 Å². The second kappa shape index (κ2) is 6.89. The van der Waals surface area contributed by atoms with E-state index in [2.05, 4.69) is 22.3 Å². The van der Waals surface area contributed by atoms with E-state index in [1.807, 2.05) is 18.2 Å². The van der Waals surface area contributed by atoms with E-state index in [4.69, 9.17) is 0 Å². The van der Waals surface area contributed by atoms with Crippen LogP contribution in [0.1, 0.15) is 27.9 Å². The van der Waals surface area contributed by atoms with Crippen LogP contribution < -0.4 is 5.32 Å². The molecule has 4 rings (SSSR count). The fourth-order valence-corrected chi connectivity index (χ4v) is 4.86. The maximum absolute atomic E-state index is 12.7. The van der Waals surface area contributed by atoms with E-state index in [1.165, 1.54) is 11.0 Å². The molecule has 26 heavy (non-hydrogen) atoms. The molecule has 5 nitrogen and oxygen atoms in total. The summed E-state index contributed by atoms with van der Waals surface area (Å²) in [5, 5.41) is 4.48. The van der Waals surface area contributed by atoms with Gasteiger partial charge in [0, 0.05) is 42.2 Å². The molecule has 0 radical (unpaired) electrons. The highest BCUT2D eigenvalue weighted by molar-refractivity contribution is 8.27. The predicted molar refractivity (Wildman–Crippen MR) is 104 cm³/mol. The summed E-state index contributed by atoms with van der Waals surface area (Å²) in [5.41, 5.74) is 2.39. The third-order valence-electron chi connectivity index (χ3n) is 4.92. The minimum Gasteiger partial charge on any atom is -0.348 e. The highest BCUT2D eigenvalue weighted by Crippen LogP contribution is 2.56. The minimum absolute atomic E-state index is 0.104. The zero-order chi connectivity index (χ0) is 18.1. The van der Waals surface area contributed by atoms with Crippen LogP contribution in [0.5, 0.6) is 0 Å². The van der Waals surface area contributed by atoms with Gasteiger partial charge in [-0.1, -0.05) is 36.4 Å². The normalized spacial score (nSPS) is 22.2. The van der Waals surface area contributed by atoms with Gasteiger partial charge in [0.1, 0.15) is 0 Å². The van der Waals surface area contributed by atoms with E-state index in [0.29, 0.717) is 16.0 Å². The number of nitrogens with one attached hydrogen (secondary N) is 1. The maximum atomic E-state index is 12.7. The van der Waals surface area contributed by atoms with E-state index in [0.717, 1.165) is 26.1 Å². The Kier molecular flexibility index (Phi) is 4.58.